The molecule has 0 fully saturated rings. The van der Waals surface area contributed by atoms with Gasteiger partial charge in [0.15, 0.2) is 0 Å². The third kappa shape index (κ3) is 5.75. The third-order valence-corrected chi connectivity index (χ3v) is 2.41. The second-order valence-corrected chi connectivity index (χ2v) is 3.96. The summed E-state index contributed by atoms with van der Waals surface area (Å²) in [4.78, 5) is 22.5. The number of carbonyl (C=O) groups excluding carboxylic acids is 1. The lowest BCUT2D eigenvalue weighted by molar-refractivity contribution is -0.120. The van der Waals surface area contributed by atoms with Gasteiger partial charge in [0, 0.05) is 6.54 Å². The van der Waals surface area contributed by atoms with Gasteiger partial charge in [-0.15, -0.1) is 0 Å². The lowest BCUT2D eigenvalue weighted by Crippen LogP contribution is -2.29. The van der Waals surface area contributed by atoms with Crippen molar-refractivity contribution in [2.75, 3.05) is 19.8 Å². The highest BCUT2D eigenvalue weighted by atomic mass is 19.3. The Bertz CT molecular complexity index is 465. The maximum absolute atomic E-state index is 11.8. The number of carbonyl (C=O) groups is 2. The van der Waals surface area contributed by atoms with Crippen molar-refractivity contribution in [2.45, 2.75) is 12.8 Å². The summed E-state index contributed by atoms with van der Waals surface area (Å²) in [5.41, 5.74) is 0.461. The predicted molar refractivity (Wildman–Crippen MR) is 66.9 cm³/mol. The minimum Gasteiger partial charge on any atom is -0.478 e. The number of benzene rings is 1. The first-order chi connectivity index (χ1) is 9.50. The van der Waals surface area contributed by atoms with Crippen LogP contribution in [-0.2, 0) is 16.0 Å². The van der Waals surface area contributed by atoms with Crippen molar-refractivity contribution in [2.24, 2.45) is 0 Å². The fraction of sp³-hybridized carbons (Fsp3) is 0.385. The lowest BCUT2D eigenvalue weighted by Gasteiger charge is -2.08. The zero-order valence-electron chi connectivity index (χ0n) is 10.6. The fourth-order valence-electron chi connectivity index (χ4n) is 1.55. The Morgan fingerprint density at radius 3 is 2.65 bits per heavy atom. The van der Waals surface area contributed by atoms with Crippen molar-refractivity contribution >= 4 is 11.9 Å². The predicted octanol–water partition coefficient (Wildman–Crippen LogP) is 1.33. The molecular formula is C13H15F2NO4. The number of hydrogen-bond donors (Lipinski definition) is 2. The molecule has 0 unspecified atom stereocenters. The molecule has 1 amide bonds. The molecule has 0 aliphatic heterocycles. The van der Waals surface area contributed by atoms with Crippen molar-refractivity contribution in [3.63, 3.8) is 0 Å². The molecule has 1 aromatic rings. The van der Waals surface area contributed by atoms with Gasteiger partial charge >= 0.3 is 5.97 Å². The van der Waals surface area contributed by atoms with E-state index in [4.69, 9.17) is 5.11 Å². The Kier molecular flexibility index (Phi) is 6.58. The van der Waals surface area contributed by atoms with Crippen molar-refractivity contribution in [3.05, 3.63) is 35.4 Å². The van der Waals surface area contributed by atoms with Gasteiger partial charge in [-0.2, -0.15) is 0 Å². The SMILES string of the molecule is O=C(Cc1ccccc1C(=O)O)NCCOCC(F)F. The van der Waals surface area contributed by atoms with Gasteiger partial charge in [-0.25, -0.2) is 13.6 Å². The molecule has 7 heteroatoms. The number of amides is 1. The average Bonchev–Trinajstić information content (AvgIpc) is 2.38. The van der Waals surface area contributed by atoms with E-state index in [1.807, 2.05) is 0 Å². The van der Waals surface area contributed by atoms with Gasteiger partial charge in [0.1, 0.15) is 6.61 Å². The van der Waals surface area contributed by atoms with Crippen LogP contribution in [-0.4, -0.2) is 43.2 Å². The molecule has 0 spiro atoms. The zero-order valence-corrected chi connectivity index (χ0v) is 10.6. The molecule has 2 N–H and O–H groups in total. The van der Waals surface area contributed by atoms with Crippen LogP contribution in [0.5, 0.6) is 0 Å². The van der Waals surface area contributed by atoms with Crippen LogP contribution in [0.15, 0.2) is 24.3 Å². The number of carboxylic acids is 1. The maximum atomic E-state index is 11.8. The summed E-state index contributed by atoms with van der Waals surface area (Å²) >= 11 is 0. The van der Waals surface area contributed by atoms with Gasteiger partial charge in [-0.1, -0.05) is 18.2 Å². The summed E-state index contributed by atoms with van der Waals surface area (Å²) in [6.45, 7) is -0.588. The van der Waals surface area contributed by atoms with Crippen molar-refractivity contribution in [1.82, 2.24) is 5.32 Å². The van der Waals surface area contributed by atoms with Gasteiger partial charge in [-0.3, -0.25) is 4.79 Å². The topological polar surface area (TPSA) is 75.6 Å². The molecule has 0 radical (unpaired) electrons. The van der Waals surface area contributed by atoms with Crippen LogP contribution < -0.4 is 5.32 Å². The van der Waals surface area contributed by atoms with Crippen LogP contribution in [0.2, 0.25) is 0 Å². The average molecular weight is 287 g/mol. The second kappa shape index (κ2) is 8.21. The molecule has 0 heterocycles. The van der Waals surface area contributed by atoms with Crippen LogP contribution >= 0.6 is 0 Å². The standard InChI is InChI=1S/C13H15F2NO4/c14-11(15)8-20-6-5-16-12(17)7-9-3-1-2-4-10(9)13(18)19/h1-4,11H,5-8H2,(H,16,17)(H,18,19). The van der Waals surface area contributed by atoms with Gasteiger partial charge in [0.25, 0.3) is 6.43 Å². The smallest absolute Gasteiger partial charge is 0.335 e. The van der Waals surface area contributed by atoms with Crippen LogP contribution in [0, 0.1) is 0 Å². The highest BCUT2D eigenvalue weighted by Gasteiger charge is 2.12. The molecular weight excluding hydrogens is 272 g/mol. The number of alkyl halides is 2. The summed E-state index contributed by atoms with van der Waals surface area (Å²) in [7, 11) is 0. The number of rotatable bonds is 8. The van der Waals surface area contributed by atoms with Crippen LogP contribution in [0.1, 0.15) is 15.9 Å². The number of nitrogens with one attached hydrogen (secondary N) is 1. The number of aromatic carboxylic acids is 1. The highest BCUT2D eigenvalue weighted by Crippen LogP contribution is 2.09. The van der Waals surface area contributed by atoms with Crippen LogP contribution in [0.3, 0.4) is 0 Å². The normalized spacial score (nSPS) is 10.6. The first-order valence-electron chi connectivity index (χ1n) is 5.94. The van der Waals surface area contributed by atoms with Crippen molar-refractivity contribution in [3.8, 4) is 0 Å². The monoisotopic (exact) mass is 287 g/mol. The Hall–Kier alpha value is -2.02. The van der Waals surface area contributed by atoms with E-state index in [9.17, 15) is 18.4 Å². The van der Waals surface area contributed by atoms with Gasteiger partial charge in [0.05, 0.1) is 18.6 Å². The summed E-state index contributed by atoms with van der Waals surface area (Å²) in [6, 6.07) is 6.18. The molecule has 5 nitrogen and oxygen atoms in total. The molecule has 0 bridgehead atoms. The maximum Gasteiger partial charge on any atom is 0.335 e. The molecule has 110 valence electrons. The van der Waals surface area contributed by atoms with E-state index < -0.39 is 19.0 Å². The Labute approximate surface area is 114 Å². The molecule has 20 heavy (non-hydrogen) atoms. The van der Waals surface area contributed by atoms with E-state index >= 15 is 0 Å². The minimum absolute atomic E-state index is 0.0172. The fourth-order valence-corrected chi connectivity index (χ4v) is 1.55. The molecule has 0 atom stereocenters. The summed E-state index contributed by atoms with van der Waals surface area (Å²) < 4.78 is 28.1. The van der Waals surface area contributed by atoms with Crippen molar-refractivity contribution < 1.29 is 28.2 Å². The molecule has 0 aliphatic rings. The quantitative estimate of drug-likeness (QED) is 0.707. The summed E-state index contributed by atoms with van der Waals surface area (Å²) in [5, 5.41) is 11.4. The highest BCUT2D eigenvalue weighted by molar-refractivity contribution is 5.91. The summed E-state index contributed by atoms with van der Waals surface area (Å²) in [5.74, 6) is -1.49. The lowest BCUT2D eigenvalue weighted by atomic mass is 10.0. The van der Waals surface area contributed by atoms with Gasteiger partial charge < -0.3 is 15.2 Å². The largest absolute Gasteiger partial charge is 0.478 e. The Morgan fingerprint density at radius 1 is 1.30 bits per heavy atom. The van der Waals surface area contributed by atoms with Crippen LogP contribution in [0.4, 0.5) is 8.78 Å². The van der Waals surface area contributed by atoms with E-state index in [0.29, 0.717) is 5.56 Å². The molecule has 0 saturated carbocycles. The number of ether oxygens (including phenoxy) is 1. The van der Waals surface area contributed by atoms with E-state index in [2.05, 4.69) is 10.1 Å². The van der Waals surface area contributed by atoms with E-state index in [0.717, 1.165) is 0 Å². The van der Waals surface area contributed by atoms with Gasteiger partial charge in [0.2, 0.25) is 5.91 Å². The zero-order chi connectivity index (χ0) is 15.0. The molecule has 0 aromatic heterocycles. The molecule has 0 aliphatic carbocycles. The minimum atomic E-state index is -2.53. The van der Waals surface area contributed by atoms with E-state index in [1.54, 1.807) is 18.2 Å². The van der Waals surface area contributed by atoms with Crippen molar-refractivity contribution in [1.29, 1.82) is 0 Å². The number of halogens is 2. The van der Waals surface area contributed by atoms with Crippen LogP contribution in [0.25, 0.3) is 0 Å². The molecule has 0 saturated heterocycles. The van der Waals surface area contributed by atoms with Gasteiger partial charge in [-0.05, 0) is 11.6 Å². The molecule has 1 rings (SSSR count). The first-order valence-corrected chi connectivity index (χ1v) is 5.94. The Balaban J connectivity index is 2.37. The number of hydrogen-bond acceptors (Lipinski definition) is 3. The van der Waals surface area contributed by atoms with E-state index in [-0.39, 0.29) is 31.0 Å². The Morgan fingerprint density at radius 2 is 2.00 bits per heavy atom. The third-order valence-electron chi connectivity index (χ3n) is 2.41. The summed E-state index contributed by atoms with van der Waals surface area (Å²) in [6.07, 6.45) is -2.62. The number of carboxylic acid groups (broad SMARTS) is 1. The van der Waals surface area contributed by atoms with E-state index in [1.165, 1.54) is 6.07 Å². The first kappa shape index (κ1) is 16.0. The molecule has 1 aromatic carbocycles. The second-order valence-electron chi connectivity index (χ2n) is 3.96.